The molecule has 0 radical (unpaired) electrons. The van der Waals surface area contributed by atoms with Crippen LogP contribution in [0.4, 0.5) is 0 Å². The molecule has 0 amide bonds. The molecule has 0 aliphatic carbocycles. The highest BCUT2D eigenvalue weighted by Crippen LogP contribution is 2.16. The Balaban J connectivity index is 1.83. The summed E-state index contributed by atoms with van der Waals surface area (Å²) in [4.78, 5) is 4.79. The number of thiocarbonyl (C=S) groups is 1. The van der Waals surface area contributed by atoms with Crippen LogP contribution < -0.4 is 5.32 Å². The molecule has 124 valence electrons. The fourth-order valence-electron chi connectivity index (χ4n) is 2.78. The van der Waals surface area contributed by atoms with Crippen LogP contribution in [-0.4, -0.2) is 57.4 Å². The Hall–Kier alpha value is -1.14. The van der Waals surface area contributed by atoms with E-state index in [0.717, 1.165) is 50.1 Å². The highest BCUT2D eigenvalue weighted by molar-refractivity contribution is 7.80. The summed E-state index contributed by atoms with van der Waals surface area (Å²) in [7, 11) is 2.02. The second-order valence-corrected chi connectivity index (χ2v) is 7.00. The van der Waals surface area contributed by atoms with Crippen LogP contribution in [0.3, 0.4) is 0 Å². The van der Waals surface area contributed by atoms with E-state index < -0.39 is 0 Å². The van der Waals surface area contributed by atoms with Gasteiger partial charge in [-0.05, 0) is 32.0 Å². The summed E-state index contributed by atoms with van der Waals surface area (Å²) < 4.78 is 1.98. The summed E-state index contributed by atoms with van der Waals surface area (Å²) in [6.45, 7) is 14.7. The van der Waals surface area contributed by atoms with Crippen molar-refractivity contribution in [2.24, 2.45) is 13.0 Å². The van der Waals surface area contributed by atoms with E-state index in [0.29, 0.717) is 5.92 Å². The fourth-order valence-corrected chi connectivity index (χ4v) is 3.05. The van der Waals surface area contributed by atoms with Crippen LogP contribution in [0.5, 0.6) is 0 Å². The fraction of sp³-hybridized carbons (Fsp3) is 0.750. The SMILES string of the molecule is Cc1nn(C)c(C)c1CN1CCN(C(=S)NCC(C)C)CC1. The minimum absolute atomic E-state index is 0.621. The standard InChI is InChI=1S/C16H29N5S/c1-12(2)10-17-16(22)21-8-6-20(7-9-21)11-15-13(3)18-19(5)14(15)4/h12H,6-11H2,1-5H3,(H,17,22). The van der Waals surface area contributed by atoms with Crippen LogP contribution in [0.15, 0.2) is 0 Å². The number of aromatic nitrogens is 2. The largest absolute Gasteiger partial charge is 0.362 e. The molecular formula is C16H29N5S. The van der Waals surface area contributed by atoms with Crippen molar-refractivity contribution in [3.8, 4) is 0 Å². The Labute approximate surface area is 139 Å². The second kappa shape index (κ2) is 7.42. The molecule has 22 heavy (non-hydrogen) atoms. The first-order chi connectivity index (χ1) is 10.4. The molecule has 6 heteroatoms. The maximum absolute atomic E-state index is 5.49. The van der Waals surface area contributed by atoms with E-state index in [1.807, 2.05) is 11.7 Å². The summed E-state index contributed by atoms with van der Waals surface area (Å²) in [6.07, 6.45) is 0. The van der Waals surface area contributed by atoms with E-state index in [2.05, 4.69) is 47.9 Å². The number of hydrogen-bond donors (Lipinski definition) is 1. The van der Waals surface area contributed by atoms with Crippen LogP contribution >= 0.6 is 12.2 Å². The van der Waals surface area contributed by atoms with E-state index >= 15 is 0 Å². The molecule has 0 unspecified atom stereocenters. The average molecular weight is 324 g/mol. The van der Waals surface area contributed by atoms with E-state index in [9.17, 15) is 0 Å². The Morgan fingerprint density at radius 3 is 2.36 bits per heavy atom. The van der Waals surface area contributed by atoms with Gasteiger partial charge in [-0.25, -0.2) is 0 Å². The number of hydrogen-bond acceptors (Lipinski definition) is 3. The lowest BCUT2D eigenvalue weighted by Crippen LogP contribution is -2.51. The van der Waals surface area contributed by atoms with E-state index in [4.69, 9.17) is 12.2 Å². The predicted molar refractivity (Wildman–Crippen MR) is 95.0 cm³/mol. The van der Waals surface area contributed by atoms with Crippen molar-refractivity contribution in [3.63, 3.8) is 0 Å². The topological polar surface area (TPSA) is 36.3 Å². The van der Waals surface area contributed by atoms with Gasteiger partial charge in [-0.3, -0.25) is 9.58 Å². The molecule has 0 aromatic carbocycles. The van der Waals surface area contributed by atoms with Gasteiger partial charge in [-0.15, -0.1) is 0 Å². The van der Waals surface area contributed by atoms with Crippen LogP contribution in [-0.2, 0) is 13.6 Å². The first-order valence-electron chi connectivity index (χ1n) is 8.12. The van der Waals surface area contributed by atoms with Gasteiger partial charge in [0.1, 0.15) is 0 Å². The highest BCUT2D eigenvalue weighted by atomic mass is 32.1. The van der Waals surface area contributed by atoms with Gasteiger partial charge in [0.25, 0.3) is 0 Å². The van der Waals surface area contributed by atoms with Crippen LogP contribution in [0.2, 0.25) is 0 Å². The zero-order valence-electron chi connectivity index (χ0n) is 14.5. The van der Waals surface area contributed by atoms with Crippen LogP contribution in [0.25, 0.3) is 0 Å². The van der Waals surface area contributed by atoms with E-state index in [1.54, 1.807) is 0 Å². The van der Waals surface area contributed by atoms with E-state index in [-0.39, 0.29) is 0 Å². The average Bonchev–Trinajstić information content (AvgIpc) is 2.72. The molecule has 1 N–H and O–H groups in total. The van der Waals surface area contributed by atoms with Crippen LogP contribution in [0, 0.1) is 19.8 Å². The minimum Gasteiger partial charge on any atom is -0.362 e. The smallest absolute Gasteiger partial charge is 0.169 e. The van der Waals surface area contributed by atoms with Gasteiger partial charge in [0.05, 0.1) is 5.69 Å². The Kier molecular flexibility index (Phi) is 5.81. The number of nitrogens with one attached hydrogen (secondary N) is 1. The molecule has 1 fully saturated rings. The molecule has 0 bridgehead atoms. The molecule has 1 aromatic heterocycles. The predicted octanol–water partition coefficient (Wildman–Crippen LogP) is 1.69. The third kappa shape index (κ3) is 4.20. The monoisotopic (exact) mass is 323 g/mol. The molecule has 1 aliphatic heterocycles. The van der Waals surface area contributed by atoms with Gasteiger partial charge in [0.2, 0.25) is 0 Å². The number of rotatable bonds is 4. The maximum atomic E-state index is 5.49. The molecule has 2 heterocycles. The molecular weight excluding hydrogens is 294 g/mol. The number of piperazine rings is 1. The van der Waals surface area contributed by atoms with Crippen molar-refractivity contribution >= 4 is 17.3 Å². The maximum Gasteiger partial charge on any atom is 0.169 e. The molecule has 0 spiro atoms. The van der Waals surface area contributed by atoms with Crippen molar-refractivity contribution in [1.82, 2.24) is 24.9 Å². The normalized spacial score (nSPS) is 16.4. The number of aryl methyl sites for hydroxylation is 2. The second-order valence-electron chi connectivity index (χ2n) is 6.62. The van der Waals surface area contributed by atoms with Gasteiger partial charge in [-0.1, -0.05) is 13.8 Å². The summed E-state index contributed by atoms with van der Waals surface area (Å²) in [6, 6.07) is 0. The number of nitrogens with zero attached hydrogens (tertiary/aromatic N) is 4. The quantitative estimate of drug-likeness (QED) is 0.853. The van der Waals surface area contributed by atoms with Crippen molar-refractivity contribution in [2.75, 3.05) is 32.7 Å². The van der Waals surface area contributed by atoms with Gasteiger partial charge in [0.15, 0.2) is 5.11 Å². The first kappa shape index (κ1) is 17.2. The van der Waals surface area contributed by atoms with Crippen molar-refractivity contribution in [1.29, 1.82) is 0 Å². The van der Waals surface area contributed by atoms with Gasteiger partial charge in [0, 0.05) is 57.6 Å². The highest BCUT2D eigenvalue weighted by Gasteiger charge is 2.21. The minimum atomic E-state index is 0.621. The lowest BCUT2D eigenvalue weighted by molar-refractivity contribution is 0.174. The Morgan fingerprint density at radius 1 is 1.23 bits per heavy atom. The lowest BCUT2D eigenvalue weighted by Gasteiger charge is -2.36. The Bertz CT molecular complexity index is 515. The molecule has 1 saturated heterocycles. The summed E-state index contributed by atoms with van der Waals surface area (Å²) in [5.74, 6) is 0.621. The van der Waals surface area contributed by atoms with Crippen molar-refractivity contribution in [2.45, 2.75) is 34.2 Å². The zero-order valence-corrected chi connectivity index (χ0v) is 15.3. The molecule has 1 aromatic rings. The van der Waals surface area contributed by atoms with E-state index in [1.165, 1.54) is 11.3 Å². The molecule has 5 nitrogen and oxygen atoms in total. The third-order valence-corrected chi connectivity index (χ3v) is 4.76. The third-order valence-electron chi connectivity index (χ3n) is 4.36. The van der Waals surface area contributed by atoms with Crippen molar-refractivity contribution in [3.05, 3.63) is 17.0 Å². The van der Waals surface area contributed by atoms with Crippen molar-refractivity contribution < 1.29 is 0 Å². The van der Waals surface area contributed by atoms with Gasteiger partial charge < -0.3 is 10.2 Å². The van der Waals surface area contributed by atoms with Gasteiger partial charge >= 0.3 is 0 Å². The molecule has 2 rings (SSSR count). The molecule has 0 saturated carbocycles. The van der Waals surface area contributed by atoms with Gasteiger partial charge in [-0.2, -0.15) is 5.10 Å². The summed E-state index contributed by atoms with van der Waals surface area (Å²) >= 11 is 5.49. The lowest BCUT2D eigenvalue weighted by atomic mass is 10.1. The zero-order chi connectivity index (χ0) is 16.3. The molecule has 1 aliphatic rings. The van der Waals surface area contributed by atoms with Crippen LogP contribution in [0.1, 0.15) is 30.8 Å². The first-order valence-corrected chi connectivity index (χ1v) is 8.53. The molecule has 0 atom stereocenters. The Morgan fingerprint density at radius 2 is 1.86 bits per heavy atom. The summed E-state index contributed by atoms with van der Waals surface area (Å²) in [5.41, 5.74) is 3.79. The summed E-state index contributed by atoms with van der Waals surface area (Å²) in [5, 5.41) is 8.78.